The molecular weight excluding hydrogens is 454 g/mol. The van der Waals surface area contributed by atoms with Crippen LogP contribution >= 0.6 is 11.3 Å². The lowest BCUT2D eigenvalue weighted by molar-refractivity contribution is -0.127. The first-order valence-corrected chi connectivity index (χ1v) is 13.6. The number of nitrogens with zero attached hydrogens (tertiary/aromatic N) is 2. The molecule has 1 aliphatic carbocycles. The molecule has 5 nitrogen and oxygen atoms in total. The van der Waals surface area contributed by atoms with Crippen LogP contribution in [0.15, 0.2) is 66.3 Å². The lowest BCUT2D eigenvalue weighted by Gasteiger charge is -2.33. The third kappa shape index (κ3) is 6.37. The molecule has 2 atom stereocenters. The summed E-state index contributed by atoms with van der Waals surface area (Å²) in [6.07, 6.45) is 10.1. The van der Waals surface area contributed by atoms with Gasteiger partial charge >= 0.3 is 0 Å². The molecule has 0 saturated heterocycles. The Morgan fingerprint density at radius 3 is 2.46 bits per heavy atom. The van der Waals surface area contributed by atoms with E-state index in [-0.39, 0.29) is 24.3 Å². The molecule has 3 aromatic rings. The van der Waals surface area contributed by atoms with Crippen molar-refractivity contribution >= 4 is 28.8 Å². The van der Waals surface area contributed by atoms with E-state index in [9.17, 15) is 9.59 Å². The van der Waals surface area contributed by atoms with Crippen molar-refractivity contribution in [3.63, 3.8) is 0 Å². The minimum absolute atomic E-state index is 0.101. The molecule has 0 bridgehead atoms. The minimum Gasteiger partial charge on any atom is -0.351 e. The predicted octanol–water partition coefficient (Wildman–Crippen LogP) is 6.42. The molecule has 0 radical (unpaired) electrons. The first kappa shape index (κ1) is 25.1. The first-order valence-electron chi connectivity index (χ1n) is 12.7. The van der Waals surface area contributed by atoms with Crippen LogP contribution < -0.4 is 10.2 Å². The number of carbonyl (C=O) groups is 2. The summed E-state index contributed by atoms with van der Waals surface area (Å²) in [5.74, 6) is 0.190. The molecular formula is C29H35N3O2S. The molecule has 35 heavy (non-hydrogen) atoms. The number of amides is 2. The summed E-state index contributed by atoms with van der Waals surface area (Å²) < 4.78 is 0. The van der Waals surface area contributed by atoms with Gasteiger partial charge in [-0.3, -0.25) is 19.5 Å². The molecule has 1 fully saturated rings. The van der Waals surface area contributed by atoms with Crippen LogP contribution in [0.4, 0.5) is 5.69 Å². The summed E-state index contributed by atoms with van der Waals surface area (Å²) in [6, 6.07) is 15.1. The second-order valence-corrected chi connectivity index (χ2v) is 10.5. The van der Waals surface area contributed by atoms with E-state index in [2.05, 4.69) is 36.3 Å². The zero-order valence-electron chi connectivity index (χ0n) is 20.7. The zero-order valence-corrected chi connectivity index (χ0v) is 21.5. The van der Waals surface area contributed by atoms with Gasteiger partial charge in [-0.25, -0.2) is 0 Å². The lowest BCUT2D eigenvalue weighted by atomic mass is 9.94. The van der Waals surface area contributed by atoms with Gasteiger partial charge in [0.2, 0.25) is 11.8 Å². The summed E-state index contributed by atoms with van der Waals surface area (Å²) in [5.41, 5.74) is 2.67. The number of pyridine rings is 1. The number of nitrogens with one attached hydrogen (secondary N) is 1. The highest BCUT2D eigenvalue weighted by Gasteiger charge is 2.34. The Bertz CT molecular complexity index is 1080. The van der Waals surface area contributed by atoms with Gasteiger partial charge in [0.05, 0.1) is 6.42 Å². The number of benzene rings is 1. The van der Waals surface area contributed by atoms with E-state index >= 15 is 0 Å². The Kier molecular flexibility index (Phi) is 8.69. The molecule has 6 heteroatoms. The van der Waals surface area contributed by atoms with Crippen LogP contribution in [0.1, 0.15) is 80.3 Å². The Morgan fingerprint density at radius 2 is 1.83 bits per heavy atom. The largest absolute Gasteiger partial charge is 0.351 e. The monoisotopic (exact) mass is 489 g/mol. The minimum atomic E-state index is -0.785. The standard InChI is InChI=1S/C29H35N3O2S/c1-3-21(2)22-13-15-25(16-14-22)32(27(33)19-26-12-8-18-35-26)28(23-9-7-17-30-20-23)29(34)31-24-10-5-4-6-11-24/h7-9,12-18,20-21,24,28H,3-6,10-11,19H2,1-2H3,(H,31,34). The molecule has 1 aromatic carbocycles. The van der Waals surface area contributed by atoms with Crippen LogP contribution in [0.2, 0.25) is 0 Å². The molecule has 0 spiro atoms. The number of hydrogen-bond donors (Lipinski definition) is 1. The van der Waals surface area contributed by atoms with Crippen LogP contribution in [0, 0.1) is 0 Å². The van der Waals surface area contributed by atoms with Crippen LogP contribution in [-0.4, -0.2) is 22.8 Å². The number of aromatic nitrogens is 1. The topological polar surface area (TPSA) is 62.3 Å². The van der Waals surface area contributed by atoms with E-state index in [1.165, 1.54) is 12.0 Å². The molecule has 2 aromatic heterocycles. The van der Waals surface area contributed by atoms with Crippen LogP contribution in [0.3, 0.4) is 0 Å². The second-order valence-electron chi connectivity index (χ2n) is 9.45. The van der Waals surface area contributed by atoms with Crippen molar-refractivity contribution in [1.29, 1.82) is 0 Å². The van der Waals surface area contributed by atoms with Crippen molar-refractivity contribution in [3.05, 3.63) is 82.3 Å². The van der Waals surface area contributed by atoms with E-state index in [0.717, 1.165) is 42.7 Å². The fourth-order valence-electron chi connectivity index (χ4n) is 4.77. The summed E-state index contributed by atoms with van der Waals surface area (Å²) in [5, 5.41) is 5.24. The molecule has 1 saturated carbocycles. The van der Waals surface area contributed by atoms with Gasteiger partial charge in [0.15, 0.2) is 0 Å². The van der Waals surface area contributed by atoms with Gasteiger partial charge in [-0.1, -0.05) is 57.4 Å². The number of carbonyl (C=O) groups excluding carboxylic acids is 2. The fourth-order valence-corrected chi connectivity index (χ4v) is 5.46. The van der Waals surface area contributed by atoms with Crippen molar-refractivity contribution < 1.29 is 9.59 Å². The normalized spacial score (nSPS) is 15.8. The Balaban J connectivity index is 1.72. The van der Waals surface area contributed by atoms with Crippen molar-refractivity contribution in [2.45, 2.75) is 76.8 Å². The summed E-state index contributed by atoms with van der Waals surface area (Å²) >= 11 is 1.56. The summed E-state index contributed by atoms with van der Waals surface area (Å²) in [6.45, 7) is 4.37. The predicted molar refractivity (Wildman–Crippen MR) is 143 cm³/mol. The maximum Gasteiger partial charge on any atom is 0.248 e. The van der Waals surface area contributed by atoms with E-state index < -0.39 is 6.04 Å². The highest BCUT2D eigenvalue weighted by Crippen LogP contribution is 2.31. The Hall–Kier alpha value is -2.99. The van der Waals surface area contributed by atoms with Gasteiger partial charge in [-0.2, -0.15) is 0 Å². The van der Waals surface area contributed by atoms with Crippen molar-refractivity contribution in [2.24, 2.45) is 0 Å². The quantitative estimate of drug-likeness (QED) is 0.377. The highest BCUT2D eigenvalue weighted by molar-refractivity contribution is 7.10. The van der Waals surface area contributed by atoms with E-state index in [1.807, 2.05) is 41.8 Å². The smallest absolute Gasteiger partial charge is 0.248 e. The van der Waals surface area contributed by atoms with Gasteiger partial charge in [-0.15, -0.1) is 11.3 Å². The number of rotatable bonds is 9. The maximum atomic E-state index is 13.8. The number of anilines is 1. The van der Waals surface area contributed by atoms with Crippen LogP contribution in [-0.2, 0) is 16.0 Å². The maximum absolute atomic E-state index is 13.8. The molecule has 1 N–H and O–H groups in total. The van der Waals surface area contributed by atoms with Gasteiger partial charge < -0.3 is 5.32 Å². The average Bonchev–Trinajstić information content (AvgIpc) is 3.41. The molecule has 2 heterocycles. The molecule has 1 aliphatic rings. The molecule has 0 aliphatic heterocycles. The van der Waals surface area contributed by atoms with E-state index in [1.54, 1.807) is 28.6 Å². The zero-order chi connectivity index (χ0) is 24.6. The third-order valence-corrected chi connectivity index (χ3v) is 7.86. The van der Waals surface area contributed by atoms with Crippen molar-refractivity contribution in [2.75, 3.05) is 4.90 Å². The first-order chi connectivity index (χ1) is 17.1. The molecule has 4 rings (SSSR count). The van der Waals surface area contributed by atoms with Crippen LogP contribution in [0.5, 0.6) is 0 Å². The van der Waals surface area contributed by atoms with E-state index in [4.69, 9.17) is 0 Å². The third-order valence-electron chi connectivity index (χ3n) is 6.99. The number of thiophene rings is 1. The van der Waals surface area contributed by atoms with Crippen molar-refractivity contribution in [3.8, 4) is 0 Å². The van der Waals surface area contributed by atoms with Crippen LogP contribution in [0.25, 0.3) is 0 Å². The highest BCUT2D eigenvalue weighted by atomic mass is 32.1. The second kappa shape index (κ2) is 12.1. The lowest BCUT2D eigenvalue weighted by Crippen LogP contribution is -2.47. The van der Waals surface area contributed by atoms with Gasteiger partial charge in [0, 0.05) is 34.6 Å². The van der Waals surface area contributed by atoms with Gasteiger partial charge in [-0.05, 0) is 60.4 Å². The number of hydrogen-bond acceptors (Lipinski definition) is 4. The molecule has 2 amide bonds. The Morgan fingerprint density at radius 1 is 1.06 bits per heavy atom. The van der Waals surface area contributed by atoms with Crippen molar-refractivity contribution in [1.82, 2.24) is 10.3 Å². The summed E-state index contributed by atoms with van der Waals surface area (Å²) in [4.78, 5) is 34.6. The summed E-state index contributed by atoms with van der Waals surface area (Å²) in [7, 11) is 0. The molecule has 184 valence electrons. The SMILES string of the molecule is CCC(C)c1ccc(N(C(=O)Cc2cccs2)C(C(=O)NC2CCCCC2)c2cccnc2)cc1. The van der Waals surface area contributed by atoms with Gasteiger partial charge in [0.1, 0.15) is 6.04 Å². The Labute approximate surface area is 212 Å². The average molecular weight is 490 g/mol. The van der Waals surface area contributed by atoms with E-state index in [0.29, 0.717) is 11.5 Å². The fraction of sp³-hybridized carbons (Fsp3) is 0.414. The van der Waals surface area contributed by atoms with Gasteiger partial charge in [0.25, 0.3) is 0 Å². The molecule has 2 unspecified atom stereocenters.